The normalized spacial score (nSPS) is 11.6. The van der Waals surface area contributed by atoms with Gasteiger partial charge in [-0.25, -0.2) is 4.98 Å². The van der Waals surface area contributed by atoms with Gasteiger partial charge in [0.1, 0.15) is 0 Å². The molecule has 0 amide bonds. The zero-order valence-corrected chi connectivity index (χ0v) is 48.7. The number of rotatable bonds is 9. The van der Waals surface area contributed by atoms with Crippen LogP contribution in [0.5, 0.6) is 0 Å². The van der Waals surface area contributed by atoms with Crippen molar-refractivity contribution < 1.29 is 0 Å². The van der Waals surface area contributed by atoms with Crippen molar-refractivity contribution in [2.75, 3.05) is 0 Å². The first-order valence-corrected chi connectivity index (χ1v) is 29.0. The molecule has 0 aliphatic rings. The number of hydrogen-bond donors (Lipinski definition) is 0. The van der Waals surface area contributed by atoms with Crippen LogP contribution in [0.4, 0.5) is 0 Å². The fourth-order valence-corrected chi connectivity index (χ4v) is 13.3. The van der Waals surface area contributed by atoms with Gasteiger partial charge < -0.3 is 9.13 Å². The second-order valence-corrected chi connectivity index (χ2v) is 23.2. The fraction of sp³-hybridized carbons (Fsp3) is 0.100. The van der Waals surface area contributed by atoms with E-state index in [2.05, 4.69) is 301 Å². The largest absolute Gasteiger partial charge is 0.308 e. The van der Waals surface area contributed by atoms with Gasteiger partial charge in [-0.2, -0.15) is 5.26 Å². The molecule has 3 aromatic heterocycles. The van der Waals surface area contributed by atoms with Crippen molar-refractivity contribution in [3.8, 4) is 95.6 Å². The predicted molar refractivity (Wildman–Crippen MR) is 354 cm³/mol. The first-order valence-electron chi connectivity index (χ1n) is 29.0. The van der Waals surface area contributed by atoms with Crippen molar-refractivity contribution in [1.82, 2.24) is 14.1 Å². The second-order valence-electron chi connectivity index (χ2n) is 23.2. The molecule has 4 nitrogen and oxygen atoms in total. The molecule has 0 aliphatic carbocycles. The Hall–Kier alpha value is -10.3. The maximum Gasteiger partial charge on any atom is 0.0993 e. The van der Waals surface area contributed by atoms with Crippen LogP contribution in [0.25, 0.3) is 133 Å². The van der Waals surface area contributed by atoms with E-state index in [4.69, 9.17) is 4.98 Å². The topological polar surface area (TPSA) is 46.5 Å². The van der Waals surface area contributed by atoms with Crippen molar-refractivity contribution in [2.24, 2.45) is 0 Å². The Bertz CT molecular complexity index is 4520. The van der Waals surface area contributed by atoms with Crippen LogP contribution in [0.15, 0.2) is 231 Å². The van der Waals surface area contributed by atoms with Gasteiger partial charge in [0, 0.05) is 38.2 Å². The summed E-state index contributed by atoms with van der Waals surface area (Å²) in [6, 6.07) is 87.2. The summed E-state index contributed by atoms with van der Waals surface area (Å²) in [5.41, 5.74) is 31.5. The lowest BCUT2D eigenvalue weighted by atomic mass is 9.95. The van der Waals surface area contributed by atoms with Gasteiger partial charge >= 0.3 is 0 Å². The standard InChI is InChI=1S/C80H62N4/c1-48-19-27-64(52(5)35-48)59-23-31-74-68(41-59)69-42-60(65-28-20-49(2)36-53(65)6)24-32-75(69)83(74)78-39-56(47-81)40-79(80(78)63-45-72(57-15-11-9-12-16-57)82-73(46-63)58-17-13-10-14-18-58)84-76-33-25-61(66-29-21-50(3)37-54(66)7)43-70(76)71-44-62(26-34-77(71)84)67-30-22-51(4)38-55(67)8/h9-46H,1-8H3. The molecule has 0 bridgehead atoms. The number of pyridine rings is 1. The average molecular weight is 1080 g/mol. The number of aromatic nitrogens is 3. The molecule has 0 spiro atoms. The van der Waals surface area contributed by atoms with Crippen molar-refractivity contribution in [3.63, 3.8) is 0 Å². The summed E-state index contributed by atoms with van der Waals surface area (Å²) < 4.78 is 4.86. The molecule has 0 radical (unpaired) electrons. The first-order chi connectivity index (χ1) is 40.8. The number of fused-ring (bicyclic) bond motifs is 6. The average Bonchev–Trinajstić information content (AvgIpc) is 1.71. The Morgan fingerprint density at radius 2 is 0.607 bits per heavy atom. The lowest BCUT2D eigenvalue weighted by Gasteiger charge is -2.22. The van der Waals surface area contributed by atoms with E-state index >= 15 is 0 Å². The van der Waals surface area contributed by atoms with E-state index in [-0.39, 0.29) is 0 Å². The van der Waals surface area contributed by atoms with E-state index in [1.165, 1.54) is 66.8 Å². The smallest absolute Gasteiger partial charge is 0.0993 e. The molecular weight excluding hydrogens is 1020 g/mol. The number of hydrogen-bond acceptors (Lipinski definition) is 2. The van der Waals surface area contributed by atoms with Crippen LogP contribution < -0.4 is 0 Å². The minimum atomic E-state index is 0.548. The molecule has 0 N–H and O–H groups in total. The Balaban J connectivity index is 1.14. The highest BCUT2D eigenvalue weighted by Gasteiger charge is 2.26. The molecular formula is C80H62N4. The molecule has 0 unspecified atom stereocenters. The predicted octanol–water partition coefficient (Wildman–Crippen LogP) is 21.3. The lowest BCUT2D eigenvalue weighted by molar-refractivity contribution is 1.13. The molecule has 0 fully saturated rings. The lowest BCUT2D eigenvalue weighted by Crippen LogP contribution is -2.06. The summed E-state index contributed by atoms with van der Waals surface area (Å²) >= 11 is 0. The van der Waals surface area contributed by atoms with Crippen LogP contribution in [-0.4, -0.2) is 14.1 Å². The van der Waals surface area contributed by atoms with Gasteiger partial charge in [-0.15, -0.1) is 0 Å². The van der Waals surface area contributed by atoms with E-state index in [0.717, 1.165) is 111 Å². The van der Waals surface area contributed by atoms with Gasteiger partial charge in [0.2, 0.25) is 0 Å². The zero-order chi connectivity index (χ0) is 57.5. The van der Waals surface area contributed by atoms with Crippen LogP contribution in [0.1, 0.15) is 50.1 Å². The monoisotopic (exact) mass is 1080 g/mol. The van der Waals surface area contributed by atoms with Crippen LogP contribution in [-0.2, 0) is 0 Å². The van der Waals surface area contributed by atoms with Crippen LogP contribution >= 0.6 is 0 Å². The van der Waals surface area contributed by atoms with E-state index in [9.17, 15) is 5.26 Å². The summed E-state index contributed by atoms with van der Waals surface area (Å²) in [6.45, 7) is 17.5. The third kappa shape index (κ3) is 8.98. The minimum Gasteiger partial charge on any atom is -0.308 e. The molecule has 0 saturated heterocycles. The molecule has 14 aromatic rings. The first kappa shape index (κ1) is 51.8. The highest BCUT2D eigenvalue weighted by Crippen LogP contribution is 2.47. The fourth-order valence-electron chi connectivity index (χ4n) is 13.3. The number of nitriles is 1. The summed E-state index contributed by atoms with van der Waals surface area (Å²) in [6.07, 6.45) is 0. The molecule has 0 atom stereocenters. The molecule has 84 heavy (non-hydrogen) atoms. The van der Waals surface area contributed by atoms with Crippen molar-refractivity contribution in [1.29, 1.82) is 5.26 Å². The molecule has 4 heteroatoms. The number of benzene rings is 11. The van der Waals surface area contributed by atoms with Crippen molar-refractivity contribution >= 4 is 43.6 Å². The Labute approximate surface area is 491 Å². The van der Waals surface area contributed by atoms with Crippen molar-refractivity contribution in [2.45, 2.75) is 55.4 Å². The maximum absolute atomic E-state index is 11.5. The summed E-state index contributed by atoms with van der Waals surface area (Å²) in [5.74, 6) is 0. The Morgan fingerprint density at radius 1 is 0.298 bits per heavy atom. The Morgan fingerprint density at radius 3 is 0.893 bits per heavy atom. The summed E-state index contributed by atoms with van der Waals surface area (Å²) in [7, 11) is 0. The van der Waals surface area contributed by atoms with Gasteiger partial charge in [0.25, 0.3) is 0 Å². The van der Waals surface area contributed by atoms with Gasteiger partial charge in [0.15, 0.2) is 0 Å². The van der Waals surface area contributed by atoms with E-state index in [0.29, 0.717) is 5.56 Å². The Kier molecular flexibility index (Phi) is 12.7. The highest BCUT2D eigenvalue weighted by atomic mass is 15.0. The molecule has 3 heterocycles. The maximum atomic E-state index is 11.5. The van der Waals surface area contributed by atoms with E-state index < -0.39 is 0 Å². The summed E-state index contributed by atoms with van der Waals surface area (Å²) in [5, 5.41) is 16.0. The third-order valence-corrected chi connectivity index (χ3v) is 17.3. The highest BCUT2D eigenvalue weighted by molar-refractivity contribution is 6.15. The van der Waals surface area contributed by atoms with Crippen LogP contribution in [0, 0.1) is 66.7 Å². The number of nitrogens with zero attached hydrogens (tertiary/aromatic N) is 4. The summed E-state index contributed by atoms with van der Waals surface area (Å²) in [4.78, 5) is 5.46. The van der Waals surface area contributed by atoms with Crippen LogP contribution in [0.3, 0.4) is 0 Å². The van der Waals surface area contributed by atoms with E-state index in [1.807, 2.05) is 0 Å². The van der Waals surface area contributed by atoms with Gasteiger partial charge in [-0.1, -0.05) is 180 Å². The van der Waals surface area contributed by atoms with E-state index in [1.54, 1.807) is 0 Å². The molecule has 11 aromatic carbocycles. The van der Waals surface area contributed by atoms with Gasteiger partial charge in [0.05, 0.1) is 56.5 Å². The molecule has 0 aliphatic heterocycles. The third-order valence-electron chi connectivity index (χ3n) is 17.3. The SMILES string of the molecule is Cc1ccc(-c2ccc3c(c2)c2cc(-c4ccc(C)cc4C)ccc2n3-c2cc(C#N)cc(-n3c4ccc(-c5ccc(C)cc5C)cc4c4cc(-c5ccc(C)cc5C)ccc43)c2-c2cc(-c3ccccc3)nc(-c3ccccc3)c2)c(C)c1. The van der Waals surface area contributed by atoms with Gasteiger partial charge in [-0.3, -0.25) is 0 Å². The quantitative estimate of drug-likeness (QED) is 0.145. The minimum absolute atomic E-state index is 0.548. The second kappa shape index (κ2) is 20.6. The molecule has 14 rings (SSSR count). The molecule has 402 valence electrons. The molecule has 0 saturated carbocycles. The number of aryl methyl sites for hydroxylation is 8. The van der Waals surface area contributed by atoms with Crippen molar-refractivity contribution in [3.05, 3.63) is 281 Å². The van der Waals surface area contributed by atoms with Gasteiger partial charge in [-0.05, 0) is 201 Å². The van der Waals surface area contributed by atoms with Crippen LogP contribution in [0.2, 0.25) is 0 Å². The zero-order valence-electron chi connectivity index (χ0n) is 48.7.